The van der Waals surface area contributed by atoms with E-state index in [2.05, 4.69) is 5.32 Å². The van der Waals surface area contributed by atoms with Gasteiger partial charge in [-0.2, -0.15) is 0 Å². The number of amides is 3. The molecule has 2 aromatic carbocycles. The maximum Gasteiger partial charge on any atom is 0.294 e. The second-order valence-electron chi connectivity index (χ2n) is 7.18. The van der Waals surface area contributed by atoms with Crippen molar-refractivity contribution in [2.24, 2.45) is 0 Å². The lowest BCUT2D eigenvalue weighted by Gasteiger charge is -2.13. The highest BCUT2D eigenvalue weighted by molar-refractivity contribution is 8.18. The van der Waals surface area contributed by atoms with Gasteiger partial charge in [-0.25, -0.2) is 0 Å². The predicted octanol–water partition coefficient (Wildman–Crippen LogP) is 4.30. The van der Waals surface area contributed by atoms with E-state index in [1.54, 1.807) is 31.4 Å². The fourth-order valence-electron chi connectivity index (χ4n) is 3.09. The lowest BCUT2D eigenvalue weighted by molar-refractivity contribution is -0.127. The second kappa shape index (κ2) is 9.26. The lowest BCUT2D eigenvalue weighted by Crippen LogP contribution is -2.36. The highest BCUT2D eigenvalue weighted by Gasteiger charge is 2.36. The van der Waals surface area contributed by atoms with Crippen molar-refractivity contribution in [2.75, 3.05) is 26.1 Å². The molecule has 0 atom stereocenters. The monoisotopic (exact) mass is 440 g/mol. The van der Waals surface area contributed by atoms with E-state index in [4.69, 9.17) is 9.47 Å². The summed E-state index contributed by atoms with van der Waals surface area (Å²) in [6.45, 7) is 5.45. The fourth-order valence-corrected chi connectivity index (χ4v) is 3.92. The van der Waals surface area contributed by atoms with E-state index >= 15 is 0 Å². The molecule has 7 nitrogen and oxygen atoms in total. The second-order valence-corrected chi connectivity index (χ2v) is 8.17. The zero-order valence-electron chi connectivity index (χ0n) is 18.1. The third kappa shape index (κ3) is 4.91. The van der Waals surface area contributed by atoms with Crippen LogP contribution in [0, 0.1) is 20.8 Å². The van der Waals surface area contributed by atoms with Gasteiger partial charge >= 0.3 is 0 Å². The van der Waals surface area contributed by atoms with Crippen LogP contribution in [0.4, 0.5) is 10.5 Å². The minimum absolute atomic E-state index is 0.249. The van der Waals surface area contributed by atoms with Crippen molar-refractivity contribution in [1.29, 1.82) is 0 Å². The molecule has 1 aliphatic heterocycles. The third-order valence-electron chi connectivity index (χ3n) is 5.02. The van der Waals surface area contributed by atoms with Gasteiger partial charge in [0.15, 0.2) is 11.5 Å². The van der Waals surface area contributed by atoms with Crippen LogP contribution in [-0.2, 0) is 9.59 Å². The average Bonchev–Trinajstić information content (AvgIpc) is 2.99. The number of nitrogens with one attached hydrogen (secondary N) is 1. The van der Waals surface area contributed by atoms with E-state index in [9.17, 15) is 14.4 Å². The van der Waals surface area contributed by atoms with Gasteiger partial charge in [0.05, 0.1) is 19.1 Å². The van der Waals surface area contributed by atoms with Crippen LogP contribution in [0.25, 0.3) is 6.08 Å². The summed E-state index contributed by atoms with van der Waals surface area (Å²) >= 11 is 0.808. The molecule has 1 fully saturated rings. The Balaban J connectivity index is 1.76. The van der Waals surface area contributed by atoms with Gasteiger partial charge < -0.3 is 14.8 Å². The van der Waals surface area contributed by atoms with Gasteiger partial charge in [-0.05, 0) is 85.1 Å². The molecule has 1 heterocycles. The number of hydrogen-bond donors (Lipinski definition) is 1. The Kier molecular flexibility index (Phi) is 6.70. The first-order valence-electron chi connectivity index (χ1n) is 9.58. The number of carbonyl (C=O) groups is 3. The van der Waals surface area contributed by atoms with Gasteiger partial charge in [0, 0.05) is 5.69 Å². The van der Waals surface area contributed by atoms with Crippen molar-refractivity contribution in [3.05, 3.63) is 57.5 Å². The van der Waals surface area contributed by atoms with Crippen LogP contribution in [0.3, 0.4) is 0 Å². The van der Waals surface area contributed by atoms with Crippen LogP contribution >= 0.6 is 11.8 Å². The highest BCUT2D eigenvalue weighted by atomic mass is 32.2. The number of ether oxygens (including phenoxy) is 2. The predicted molar refractivity (Wildman–Crippen MR) is 122 cm³/mol. The SMILES string of the molecule is COc1cc(C)c(C=C2SC(=O)N(CC(=O)Nc3ccc(C)c(C)c3)C2=O)cc1OC. The Bertz CT molecular complexity index is 1090. The smallest absolute Gasteiger partial charge is 0.294 e. The van der Waals surface area contributed by atoms with Crippen LogP contribution in [0.15, 0.2) is 35.2 Å². The molecule has 1 saturated heterocycles. The first-order valence-corrected chi connectivity index (χ1v) is 10.4. The molecular weight excluding hydrogens is 416 g/mol. The number of rotatable bonds is 6. The molecule has 31 heavy (non-hydrogen) atoms. The summed E-state index contributed by atoms with van der Waals surface area (Å²) < 4.78 is 10.6. The Morgan fingerprint density at radius 3 is 2.32 bits per heavy atom. The van der Waals surface area contributed by atoms with Gasteiger partial charge in [-0.3, -0.25) is 19.3 Å². The number of thioether (sulfide) groups is 1. The Hall–Kier alpha value is -3.26. The molecule has 162 valence electrons. The maximum absolute atomic E-state index is 12.8. The van der Waals surface area contributed by atoms with Crippen LogP contribution in [0.1, 0.15) is 22.3 Å². The number of benzene rings is 2. The van der Waals surface area contributed by atoms with Crippen molar-refractivity contribution in [2.45, 2.75) is 20.8 Å². The number of carbonyl (C=O) groups excluding carboxylic acids is 3. The molecular formula is C23H24N2O5S. The summed E-state index contributed by atoms with van der Waals surface area (Å²) in [6, 6.07) is 9.08. The highest BCUT2D eigenvalue weighted by Crippen LogP contribution is 2.36. The summed E-state index contributed by atoms with van der Waals surface area (Å²) in [5, 5.41) is 2.25. The first-order chi connectivity index (χ1) is 14.7. The molecule has 2 aromatic rings. The molecule has 0 unspecified atom stereocenters. The number of imide groups is 1. The Morgan fingerprint density at radius 1 is 1.00 bits per heavy atom. The molecule has 3 rings (SSSR count). The van der Waals surface area contributed by atoms with E-state index < -0.39 is 17.1 Å². The molecule has 1 N–H and O–H groups in total. The van der Waals surface area contributed by atoms with E-state index in [-0.39, 0.29) is 11.4 Å². The van der Waals surface area contributed by atoms with Crippen LogP contribution in [0.2, 0.25) is 0 Å². The molecule has 0 spiro atoms. The van der Waals surface area contributed by atoms with Crippen molar-refractivity contribution >= 4 is 40.6 Å². The minimum Gasteiger partial charge on any atom is -0.493 e. The number of hydrogen-bond acceptors (Lipinski definition) is 6. The molecule has 1 aliphatic rings. The van der Waals surface area contributed by atoms with Crippen molar-refractivity contribution in [1.82, 2.24) is 4.90 Å². The van der Waals surface area contributed by atoms with E-state index in [0.29, 0.717) is 17.2 Å². The van der Waals surface area contributed by atoms with Crippen molar-refractivity contribution in [3.8, 4) is 11.5 Å². The normalized spacial score (nSPS) is 14.9. The zero-order valence-corrected chi connectivity index (χ0v) is 18.9. The van der Waals surface area contributed by atoms with Gasteiger partial charge in [-0.15, -0.1) is 0 Å². The Morgan fingerprint density at radius 2 is 1.68 bits per heavy atom. The summed E-state index contributed by atoms with van der Waals surface area (Å²) in [5.74, 6) is 0.160. The fraction of sp³-hybridized carbons (Fsp3) is 0.261. The van der Waals surface area contributed by atoms with Gasteiger partial charge in [0.25, 0.3) is 11.1 Å². The van der Waals surface area contributed by atoms with Gasteiger partial charge in [0.1, 0.15) is 6.54 Å². The van der Waals surface area contributed by atoms with Crippen LogP contribution in [0.5, 0.6) is 11.5 Å². The molecule has 0 saturated carbocycles. The van der Waals surface area contributed by atoms with Gasteiger partial charge in [-0.1, -0.05) is 6.07 Å². The van der Waals surface area contributed by atoms with E-state index in [1.165, 1.54) is 7.11 Å². The topological polar surface area (TPSA) is 84.9 Å². The molecule has 8 heteroatoms. The van der Waals surface area contributed by atoms with Gasteiger partial charge in [0.2, 0.25) is 5.91 Å². The molecule has 0 bridgehead atoms. The van der Waals surface area contributed by atoms with Crippen molar-refractivity contribution in [3.63, 3.8) is 0 Å². The number of aryl methyl sites for hydroxylation is 3. The lowest BCUT2D eigenvalue weighted by atomic mass is 10.1. The number of methoxy groups -OCH3 is 2. The van der Waals surface area contributed by atoms with Crippen LogP contribution < -0.4 is 14.8 Å². The number of anilines is 1. The minimum atomic E-state index is -0.501. The first kappa shape index (κ1) is 22.4. The summed E-state index contributed by atoms with van der Waals surface area (Å²) in [5.41, 5.74) is 4.35. The van der Waals surface area contributed by atoms with E-state index in [1.807, 2.05) is 32.9 Å². The summed E-state index contributed by atoms with van der Waals surface area (Å²) in [6.07, 6.45) is 1.63. The zero-order chi connectivity index (χ0) is 22.7. The van der Waals surface area contributed by atoms with Crippen LogP contribution in [-0.4, -0.2) is 42.7 Å². The standard InChI is InChI=1S/C23H24N2O5S/c1-13-6-7-17(8-14(13)2)24-21(26)12-25-22(27)20(31-23(25)28)11-16-10-19(30-5)18(29-4)9-15(16)3/h6-11H,12H2,1-5H3,(H,24,26). The molecule has 0 aliphatic carbocycles. The summed E-state index contributed by atoms with van der Waals surface area (Å²) in [7, 11) is 3.07. The Labute approximate surface area is 185 Å². The number of nitrogens with zero attached hydrogens (tertiary/aromatic N) is 1. The average molecular weight is 441 g/mol. The van der Waals surface area contributed by atoms with E-state index in [0.717, 1.165) is 38.9 Å². The largest absolute Gasteiger partial charge is 0.493 e. The third-order valence-corrected chi connectivity index (χ3v) is 5.93. The maximum atomic E-state index is 12.8. The quantitative estimate of drug-likeness (QED) is 0.674. The molecule has 0 radical (unpaired) electrons. The summed E-state index contributed by atoms with van der Waals surface area (Å²) in [4.78, 5) is 38.8. The molecule has 3 amide bonds. The molecule has 0 aromatic heterocycles. The van der Waals surface area contributed by atoms with Crippen molar-refractivity contribution < 1.29 is 23.9 Å².